The molecule has 0 bridgehead atoms. The Morgan fingerprint density at radius 3 is 2.40 bits per heavy atom. The lowest BCUT2D eigenvalue weighted by Crippen LogP contribution is -2.72. The van der Waals surface area contributed by atoms with Crippen molar-refractivity contribution in [2.75, 3.05) is 33.2 Å². The molecule has 18 heteroatoms. The molecule has 1 atom stereocenters. The summed E-state index contributed by atoms with van der Waals surface area (Å²) < 4.78 is 74.7. The number of piperazine rings is 1. The Bertz CT molecular complexity index is 1850. The van der Waals surface area contributed by atoms with Crippen LogP contribution in [-0.2, 0) is 42.2 Å². The lowest BCUT2D eigenvalue weighted by molar-refractivity contribution is -0.234. The van der Waals surface area contributed by atoms with Crippen LogP contribution >= 0.6 is 22.9 Å². The molecule has 0 aliphatic carbocycles. The number of nitrogens with one attached hydrogen (secondary N) is 1. The van der Waals surface area contributed by atoms with Gasteiger partial charge in [0, 0.05) is 42.5 Å². The molecule has 1 unspecified atom stereocenters. The second kappa shape index (κ2) is 12.6. The number of halogens is 4. The van der Waals surface area contributed by atoms with E-state index in [-0.39, 0.29) is 9.90 Å². The van der Waals surface area contributed by atoms with E-state index in [1.807, 2.05) is 17.4 Å². The fourth-order valence-electron chi connectivity index (χ4n) is 5.12. The predicted molar refractivity (Wildman–Crippen MR) is 165 cm³/mol. The number of amides is 2. The first-order valence-corrected chi connectivity index (χ1v) is 16.9. The fraction of sp³-hybridized carbons (Fsp3) is 0.448. The third kappa shape index (κ3) is 7.24. The summed E-state index contributed by atoms with van der Waals surface area (Å²) in [6.07, 6.45) is -5.10. The first-order chi connectivity index (χ1) is 21.8. The largest absolute Gasteiger partial charge is 0.491 e. The summed E-state index contributed by atoms with van der Waals surface area (Å²) in [5.74, 6) is -5.34. The topological polar surface area (TPSA) is 138 Å². The maximum Gasteiger partial charge on any atom is 0.491 e. The zero-order valence-corrected chi connectivity index (χ0v) is 28.1. The van der Waals surface area contributed by atoms with Crippen molar-refractivity contribution < 1.29 is 45.5 Å². The first kappa shape index (κ1) is 35.0. The highest BCUT2D eigenvalue weighted by Crippen LogP contribution is 2.35. The molecule has 3 aromatic rings. The molecule has 1 saturated heterocycles. The average Bonchev–Trinajstić information content (AvgIpc) is 3.41. The molecule has 2 aliphatic rings. The minimum atomic E-state index is -5.61. The standard InChI is InChI=1S/C29H31ClF3N5O7S2/c1-27(2,3)45-35-25(40)28(44-26(41)29(31,32)33)16-37(47(42,43)20-8-6-17-13-19(30)7-5-18(17)14-20)11-12-38(28)24(39)23-34-21-9-10-36(4)15-22(21)46-23/h5-8,13-14H,9-12,15-16H2,1-4H3,(H,35,40). The number of likely N-dealkylation sites (N-methyl/N-ethyl adjacent to an activating group) is 1. The van der Waals surface area contributed by atoms with Crippen LogP contribution in [0.1, 0.15) is 41.1 Å². The molecular formula is C29H31ClF3N5O7S2. The number of carbonyl (C=O) groups is 3. The summed E-state index contributed by atoms with van der Waals surface area (Å²) >= 11 is 7.03. The highest BCUT2D eigenvalue weighted by atomic mass is 35.5. The van der Waals surface area contributed by atoms with Crippen molar-refractivity contribution in [2.45, 2.75) is 56.1 Å². The Hall–Kier alpha value is -3.35. The summed E-state index contributed by atoms with van der Waals surface area (Å²) in [7, 11) is -2.68. The van der Waals surface area contributed by atoms with Gasteiger partial charge in [-0.15, -0.1) is 11.3 Å². The van der Waals surface area contributed by atoms with Crippen LogP contribution in [0.15, 0.2) is 41.3 Å². The van der Waals surface area contributed by atoms with Crippen LogP contribution in [-0.4, -0.2) is 96.0 Å². The molecule has 3 heterocycles. The SMILES string of the molecule is CN1CCc2nc(C(=O)N3CCN(S(=O)(=O)c4ccc5cc(Cl)ccc5c4)CC3(OC(=O)C(F)(F)F)C(=O)NOC(C)(C)C)sc2C1. The number of carbonyl (C=O) groups excluding carboxylic acids is 3. The number of thiazole rings is 1. The lowest BCUT2D eigenvalue weighted by atomic mass is 10.1. The number of hydrogen-bond acceptors (Lipinski definition) is 10. The number of hydrogen-bond donors (Lipinski definition) is 1. The van der Waals surface area contributed by atoms with Gasteiger partial charge in [-0.25, -0.2) is 23.7 Å². The molecule has 0 spiro atoms. The number of rotatable bonds is 6. The lowest BCUT2D eigenvalue weighted by Gasteiger charge is -2.47. The van der Waals surface area contributed by atoms with Gasteiger partial charge in [0.25, 0.3) is 11.6 Å². The highest BCUT2D eigenvalue weighted by molar-refractivity contribution is 7.89. The average molecular weight is 718 g/mol. The smallest absolute Gasteiger partial charge is 0.421 e. The third-order valence-corrected chi connectivity index (χ3v) is 10.6. The van der Waals surface area contributed by atoms with Gasteiger partial charge in [-0.2, -0.15) is 17.5 Å². The Morgan fingerprint density at radius 2 is 1.72 bits per heavy atom. The minimum Gasteiger partial charge on any atom is -0.421 e. The van der Waals surface area contributed by atoms with Crippen LogP contribution in [0.5, 0.6) is 0 Å². The molecule has 2 amide bonds. The number of fused-ring (bicyclic) bond motifs is 2. The summed E-state index contributed by atoms with van der Waals surface area (Å²) in [4.78, 5) is 53.2. The molecular weight excluding hydrogens is 687 g/mol. The van der Waals surface area contributed by atoms with E-state index in [4.69, 9.17) is 21.2 Å². The fourth-order valence-corrected chi connectivity index (χ4v) is 7.92. The van der Waals surface area contributed by atoms with Crippen molar-refractivity contribution >= 4 is 61.5 Å². The third-order valence-electron chi connectivity index (χ3n) is 7.46. The number of hydroxylamine groups is 1. The van der Waals surface area contributed by atoms with E-state index in [1.165, 1.54) is 39.0 Å². The zero-order valence-electron chi connectivity index (χ0n) is 25.7. The number of nitrogens with zero attached hydrogens (tertiary/aromatic N) is 4. The van der Waals surface area contributed by atoms with Crippen molar-refractivity contribution in [1.82, 2.24) is 24.6 Å². The molecule has 254 valence electrons. The number of sulfonamides is 1. The molecule has 5 rings (SSSR count). The summed E-state index contributed by atoms with van der Waals surface area (Å²) in [5.41, 5.74) is -1.64. The quantitative estimate of drug-likeness (QED) is 0.299. The van der Waals surface area contributed by atoms with Crippen LogP contribution in [0, 0.1) is 0 Å². The van der Waals surface area contributed by atoms with E-state index in [2.05, 4.69) is 4.98 Å². The predicted octanol–water partition coefficient (Wildman–Crippen LogP) is 3.73. The maximum atomic E-state index is 14.0. The van der Waals surface area contributed by atoms with E-state index in [0.717, 1.165) is 16.2 Å². The molecule has 2 aromatic carbocycles. The molecule has 2 aliphatic heterocycles. The summed E-state index contributed by atoms with van der Waals surface area (Å²) in [5, 5.41) is 1.37. The second-order valence-electron chi connectivity index (χ2n) is 12.1. The van der Waals surface area contributed by atoms with Gasteiger partial charge in [0.15, 0.2) is 5.01 Å². The van der Waals surface area contributed by atoms with Crippen molar-refractivity contribution in [3.05, 3.63) is 57.0 Å². The normalized spacial score (nSPS) is 19.8. The van der Waals surface area contributed by atoms with Crippen molar-refractivity contribution in [3.8, 4) is 0 Å². The van der Waals surface area contributed by atoms with Crippen LogP contribution in [0.25, 0.3) is 10.8 Å². The Labute approximate surface area is 277 Å². The van der Waals surface area contributed by atoms with Gasteiger partial charge in [0.2, 0.25) is 10.0 Å². The maximum absolute atomic E-state index is 14.0. The van der Waals surface area contributed by atoms with Gasteiger partial charge in [-0.05, 0) is 62.9 Å². The van der Waals surface area contributed by atoms with Crippen LogP contribution in [0.3, 0.4) is 0 Å². The van der Waals surface area contributed by atoms with E-state index >= 15 is 0 Å². The molecule has 0 saturated carbocycles. The molecule has 47 heavy (non-hydrogen) atoms. The molecule has 1 aromatic heterocycles. The van der Waals surface area contributed by atoms with Gasteiger partial charge in [0.05, 0.1) is 22.7 Å². The van der Waals surface area contributed by atoms with Crippen molar-refractivity contribution in [2.24, 2.45) is 0 Å². The highest BCUT2D eigenvalue weighted by Gasteiger charge is 2.59. The van der Waals surface area contributed by atoms with Crippen LogP contribution in [0.4, 0.5) is 13.2 Å². The molecule has 0 radical (unpaired) electrons. The van der Waals surface area contributed by atoms with Gasteiger partial charge in [0.1, 0.15) is 0 Å². The number of benzene rings is 2. The monoisotopic (exact) mass is 717 g/mol. The van der Waals surface area contributed by atoms with Crippen LogP contribution in [0.2, 0.25) is 5.02 Å². The summed E-state index contributed by atoms with van der Waals surface area (Å²) in [6.45, 7) is 3.40. The second-order valence-corrected chi connectivity index (χ2v) is 15.6. The molecule has 12 nitrogen and oxygen atoms in total. The van der Waals surface area contributed by atoms with Gasteiger partial charge in [-0.1, -0.05) is 23.7 Å². The van der Waals surface area contributed by atoms with Gasteiger partial charge < -0.3 is 9.64 Å². The van der Waals surface area contributed by atoms with Gasteiger partial charge in [-0.3, -0.25) is 19.3 Å². The number of ether oxygens (including phenoxy) is 1. The van der Waals surface area contributed by atoms with E-state index in [9.17, 15) is 36.0 Å². The Morgan fingerprint density at radius 1 is 1.04 bits per heavy atom. The van der Waals surface area contributed by atoms with Crippen molar-refractivity contribution in [3.63, 3.8) is 0 Å². The number of esters is 1. The zero-order chi connectivity index (χ0) is 34.5. The Kier molecular flexibility index (Phi) is 9.37. The summed E-state index contributed by atoms with van der Waals surface area (Å²) in [6, 6.07) is 8.87. The minimum absolute atomic E-state index is 0.160. The van der Waals surface area contributed by atoms with Crippen molar-refractivity contribution in [1.29, 1.82) is 0 Å². The van der Waals surface area contributed by atoms with E-state index < -0.39 is 64.9 Å². The van der Waals surface area contributed by atoms with E-state index in [1.54, 1.807) is 18.2 Å². The van der Waals surface area contributed by atoms with Crippen LogP contribution < -0.4 is 5.48 Å². The van der Waals surface area contributed by atoms with E-state index in [0.29, 0.717) is 50.2 Å². The number of alkyl halides is 3. The number of aromatic nitrogens is 1. The van der Waals surface area contributed by atoms with Gasteiger partial charge >= 0.3 is 18.1 Å². The molecule has 1 N–H and O–H groups in total. The first-order valence-electron chi connectivity index (χ1n) is 14.3. The molecule has 1 fully saturated rings. The Balaban J connectivity index is 1.60.